The first-order valence-electron chi connectivity index (χ1n) is 11.6. The molecule has 1 fully saturated rings. The Balaban J connectivity index is 1.79. The lowest BCUT2D eigenvalue weighted by Gasteiger charge is -2.55. The number of pyridine rings is 1. The number of nitrogens with zero attached hydrogens (tertiary/aromatic N) is 4. The lowest BCUT2D eigenvalue weighted by atomic mass is 9.62. The highest BCUT2D eigenvalue weighted by Crippen LogP contribution is 2.50. The van der Waals surface area contributed by atoms with Crippen LogP contribution in [0.1, 0.15) is 62.9 Å². The molecule has 0 unspecified atom stereocenters. The van der Waals surface area contributed by atoms with E-state index in [1.165, 1.54) is 5.56 Å². The van der Waals surface area contributed by atoms with E-state index in [1.807, 2.05) is 30.7 Å². The Labute approximate surface area is 197 Å². The molecule has 3 aromatic rings. The number of rotatable bonds is 7. The minimum atomic E-state index is -1.17. The largest absolute Gasteiger partial charge is 0.380 e. The van der Waals surface area contributed by atoms with Crippen LogP contribution in [0.3, 0.4) is 0 Å². The molecule has 1 aliphatic rings. The summed E-state index contributed by atoms with van der Waals surface area (Å²) >= 11 is 0. The fraction of sp³-hybridized carbons (Fsp3) is 0.481. The molecule has 3 heterocycles. The van der Waals surface area contributed by atoms with E-state index in [4.69, 9.17) is 4.74 Å². The second-order valence-corrected chi connectivity index (χ2v) is 10.5. The molecule has 1 N–H and O–H groups in total. The van der Waals surface area contributed by atoms with Gasteiger partial charge in [0.1, 0.15) is 11.2 Å². The van der Waals surface area contributed by atoms with Gasteiger partial charge in [0.25, 0.3) is 0 Å². The van der Waals surface area contributed by atoms with Crippen molar-refractivity contribution in [3.05, 3.63) is 77.6 Å². The summed E-state index contributed by atoms with van der Waals surface area (Å²) in [6.45, 7) is 12.1. The molecule has 0 saturated carbocycles. The fourth-order valence-electron chi connectivity index (χ4n) is 4.99. The van der Waals surface area contributed by atoms with Gasteiger partial charge in [-0.2, -0.15) is 0 Å². The second-order valence-electron chi connectivity index (χ2n) is 10.5. The zero-order chi connectivity index (χ0) is 24.0. The van der Waals surface area contributed by atoms with Gasteiger partial charge in [-0.05, 0) is 44.0 Å². The number of imidazole rings is 1. The van der Waals surface area contributed by atoms with Crippen LogP contribution < -0.4 is 0 Å². The van der Waals surface area contributed by atoms with Gasteiger partial charge in [-0.3, -0.25) is 4.98 Å². The molecule has 6 heteroatoms. The Kier molecular flexibility index (Phi) is 5.97. The normalized spacial score (nSPS) is 18.2. The third kappa shape index (κ3) is 4.01. The van der Waals surface area contributed by atoms with Gasteiger partial charge in [-0.15, -0.1) is 0 Å². The number of hydrogen-bond donors (Lipinski definition) is 1. The van der Waals surface area contributed by atoms with Gasteiger partial charge < -0.3 is 19.3 Å². The summed E-state index contributed by atoms with van der Waals surface area (Å²) in [6, 6.07) is 10.4. The number of likely N-dealkylation sites (tertiary alicyclic amines) is 1. The van der Waals surface area contributed by atoms with Crippen LogP contribution in [0.4, 0.5) is 0 Å². The molecular weight excluding hydrogens is 412 g/mol. The number of hydrogen-bond acceptors (Lipinski definition) is 5. The van der Waals surface area contributed by atoms with Gasteiger partial charge >= 0.3 is 0 Å². The van der Waals surface area contributed by atoms with Crippen molar-refractivity contribution in [2.75, 3.05) is 27.2 Å². The highest BCUT2D eigenvalue weighted by atomic mass is 16.5. The van der Waals surface area contributed by atoms with E-state index in [9.17, 15) is 5.11 Å². The Hall–Kier alpha value is -2.54. The molecule has 0 radical (unpaired) electrons. The summed E-state index contributed by atoms with van der Waals surface area (Å²) in [5, 5.41) is 12.4. The van der Waals surface area contributed by atoms with Crippen LogP contribution in [-0.2, 0) is 15.9 Å². The molecule has 0 aliphatic carbocycles. The number of aliphatic hydroxyl groups is 1. The zero-order valence-corrected chi connectivity index (χ0v) is 20.8. The molecule has 0 bridgehead atoms. The summed E-state index contributed by atoms with van der Waals surface area (Å²) in [4.78, 5) is 11.3. The molecule has 2 aromatic heterocycles. The van der Waals surface area contributed by atoms with Crippen molar-refractivity contribution in [1.29, 1.82) is 0 Å². The molecular formula is C27H36N4O2. The van der Waals surface area contributed by atoms with Crippen molar-refractivity contribution in [2.24, 2.45) is 5.41 Å². The predicted octanol–water partition coefficient (Wildman–Crippen LogP) is 4.46. The van der Waals surface area contributed by atoms with E-state index in [1.54, 1.807) is 25.8 Å². The molecule has 1 atom stereocenters. The van der Waals surface area contributed by atoms with E-state index >= 15 is 0 Å². The highest BCUT2D eigenvalue weighted by molar-refractivity contribution is 5.45. The summed E-state index contributed by atoms with van der Waals surface area (Å²) in [6.07, 6.45) is 7.32. The monoisotopic (exact) mass is 448 g/mol. The molecule has 176 valence electrons. The summed E-state index contributed by atoms with van der Waals surface area (Å²) in [5.41, 5.74) is 2.64. The minimum Gasteiger partial charge on any atom is -0.380 e. The van der Waals surface area contributed by atoms with Gasteiger partial charge in [0.2, 0.25) is 0 Å². The lowest BCUT2D eigenvalue weighted by Crippen LogP contribution is -2.63. The van der Waals surface area contributed by atoms with Gasteiger partial charge in [0.15, 0.2) is 0 Å². The summed E-state index contributed by atoms with van der Waals surface area (Å²) < 4.78 is 7.51. The molecule has 0 amide bonds. The first-order chi connectivity index (χ1) is 15.5. The smallest absolute Gasteiger partial charge is 0.124 e. The Morgan fingerprint density at radius 3 is 2.33 bits per heavy atom. The minimum absolute atomic E-state index is 0.334. The predicted molar refractivity (Wildman–Crippen MR) is 131 cm³/mol. The maximum absolute atomic E-state index is 12.4. The third-order valence-corrected chi connectivity index (χ3v) is 7.26. The van der Waals surface area contributed by atoms with Crippen molar-refractivity contribution in [3.8, 4) is 5.69 Å². The van der Waals surface area contributed by atoms with Crippen molar-refractivity contribution in [3.63, 3.8) is 0 Å². The average Bonchev–Trinajstić information content (AvgIpc) is 3.29. The number of benzene rings is 1. The lowest BCUT2D eigenvalue weighted by molar-refractivity contribution is -0.127. The van der Waals surface area contributed by atoms with Crippen LogP contribution in [0.2, 0.25) is 0 Å². The quantitative estimate of drug-likeness (QED) is 0.578. The van der Waals surface area contributed by atoms with Gasteiger partial charge in [0, 0.05) is 43.6 Å². The Morgan fingerprint density at radius 1 is 1.09 bits per heavy atom. The number of aromatic nitrogens is 3. The topological polar surface area (TPSA) is 63.4 Å². The van der Waals surface area contributed by atoms with Gasteiger partial charge in [-0.25, -0.2) is 4.98 Å². The zero-order valence-electron chi connectivity index (χ0n) is 20.8. The van der Waals surface area contributed by atoms with Crippen LogP contribution in [0.5, 0.6) is 0 Å². The standard InChI is InChI=1S/C27H36N4O2/c1-19(2)20-8-10-21(11-9-20)27(32,26(5)16-30(6)17-26)22-12-23(14-28-13-22)31-15-24(29-18-31)25(3,4)33-7/h8-15,18-19,32H,16-17H2,1-7H3/t27-/m0/s1. The molecule has 6 nitrogen and oxygen atoms in total. The first-order valence-corrected chi connectivity index (χ1v) is 11.6. The Morgan fingerprint density at radius 2 is 1.76 bits per heavy atom. The molecule has 0 spiro atoms. The van der Waals surface area contributed by atoms with Crippen LogP contribution in [0.25, 0.3) is 5.69 Å². The van der Waals surface area contributed by atoms with Crippen molar-refractivity contribution in [2.45, 2.75) is 51.7 Å². The SMILES string of the molecule is COC(C)(C)c1cn(-c2cncc([C@@](O)(c3ccc(C(C)C)cc3)C3(C)CN(C)C3)c2)cn1. The highest BCUT2D eigenvalue weighted by Gasteiger charge is 2.55. The molecule has 1 saturated heterocycles. The van der Waals surface area contributed by atoms with Crippen LogP contribution in [0, 0.1) is 5.41 Å². The number of ether oxygens (including phenoxy) is 1. The summed E-state index contributed by atoms with van der Waals surface area (Å²) in [5.74, 6) is 0.439. The summed E-state index contributed by atoms with van der Waals surface area (Å²) in [7, 11) is 3.77. The Bertz CT molecular complexity index is 1110. The third-order valence-electron chi connectivity index (χ3n) is 7.26. The van der Waals surface area contributed by atoms with E-state index in [0.29, 0.717) is 5.92 Å². The van der Waals surface area contributed by atoms with Crippen LogP contribution in [-0.4, -0.2) is 51.8 Å². The maximum atomic E-state index is 12.4. The maximum Gasteiger partial charge on any atom is 0.124 e. The fourth-order valence-corrected chi connectivity index (χ4v) is 4.99. The second kappa shape index (κ2) is 8.35. The first kappa shape index (κ1) is 23.6. The van der Waals surface area contributed by atoms with E-state index in [0.717, 1.165) is 35.6 Å². The molecule has 1 aliphatic heterocycles. The molecule has 1 aromatic carbocycles. The van der Waals surface area contributed by atoms with Gasteiger partial charge in [0.05, 0.1) is 23.9 Å². The average molecular weight is 449 g/mol. The molecule has 33 heavy (non-hydrogen) atoms. The molecule has 4 rings (SSSR count). The van der Waals surface area contributed by atoms with Crippen molar-refractivity contribution < 1.29 is 9.84 Å². The van der Waals surface area contributed by atoms with E-state index in [-0.39, 0.29) is 5.41 Å². The van der Waals surface area contributed by atoms with E-state index < -0.39 is 11.2 Å². The number of methoxy groups -OCH3 is 1. The van der Waals surface area contributed by atoms with Gasteiger partial charge in [-0.1, -0.05) is 45.0 Å². The van der Waals surface area contributed by atoms with E-state index in [2.05, 4.69) is 67.0 Å². The van der Waals surface area contributed by atoms with Crippen molar-refractivity contribution >= 4 is 0 Å². The van der Waals surface area contributed by atoms with Crippen molar-refractivity contribution in [1.82, 2.24) is 19.4 Å². The van der Waals surface area contributed by atoms with Crippen LogP contribution in [0.15, 0.2) is 55.2 Å². The van der Waals surface area contributed by atoms with Crippen LogP contribution >= 0.6 is 0 Å².